The van der Waals surface area contributed by atoms with E-state index in [-0.39, 0.29) is 12.1 Å². The van der Waals surface area contributed by atoms with Gasteiger partial charge in [-0.05, 0) is 17.7 Å². The Morgan fingerprint density at radius 3 is 2.72 bits per heavy atom. The summed E-state index contributed by atoms with van der Waals surface area (Å²) in [6.07, 6.45) is 0.202. The van der Waals surface area contributed by atoms with Crippen LogP contribution in [0.15, 0.2) is 18.2 Å². The molecule has 0 saturated carbocycles. The van der Waals surface area contributed by atoms with E-state index in [1.807, 2.05) is 18.2 Å². The largest absolute Gasteiger partial charge is 0.486 e. The molecule has 1 aromatic carbocycles. The maximum absolute atomic E-state index is 6.09. The Kier molecular flexibility index (Phi) is 3.36. The van der Waals surface area contributed by atoms with Crippen LogP contribution in [-0.4, -0.2) is 39.1 Å². The highest BCUT2D eigenvalue weighted by molar-refractivity contribution is 5.44. The highest BCUT2D eigenvalue weighted by Gasteiger charge is 2.21. The van der Waals surface area contributed by atoms with Crippen LogP contribution >= 0.6 is 0 Å². The quantitative estimate of drug-likeness (QED) is 0.860. The minimum Gasteiger partial charge on any atom is -0.486 e. The van der Waals surface area contributed by atoms with Crippen molar-refractivity contribution in [3.05, 3.63) is 23.8 Å². The van der Waals surface area contributed by atoms with Gasteiger partial charge in [0.2, 0.25) is 0 Å². The van der Waals surface area contributed by atoms with Crippen LogP contribution in [0.2, 0.25) is 0 Å². The molecule has 3 rings (SSSR count). The molecule has 0 spiro atoms. The van der Waals surface area contributed by atoms with Gasteiger partial charge in [-0.25, -0.2) is 0 Å². The summed E-state index contributed by atoms with van der Waals surface area (Å²) in [5, 5.41) is 0. The monoisotopic (exact) mass is 251 g/mol. The summed E-state index contributed by atoms with van der Waals surface area (Å²) >= 11 is 0. The Morgan fingerprint density at radius 1 is 1.22 bits per heavy atom. The third kappa shape index (κ3) is 2.43. The lowest BCUT2D eigenvalue weighted by Gasteiger charge is -2.27. The first kappa shape index (κ1) is 11.8. The summed E-state index contributed by atoms with van der Waals surface area (Å²) in [6, 6.07) is 5.64. The maximum Gasteiger partial charge on any atom is 0.161 e. The second-order valence-electron chi connectivity index (χ2n) is 4.50. The standard InChI is InChI=1S/C13H17NO4/c14-11(8-18-10-6-15-7-10)9-1-2-12-13(5-9)17-4-3-16-12/h1-2,5,10-11H,3-4,6-8,14H2. The third-order valence-electron chi connectivity index (χ3n) is 3.11. The number of ether oxygens (including phenoxy) is 4. The van der Waals surface area contributed by atoms with E-state index < -0.39 is 0 Å². The summed E-state index contributed by atoms with van der Waals surface area (Å²) in [5.41, 5.74) is 7.09. The van der Waals surface area contributed by atoms with Crippen LogP contribution in [0.5, 0.6) is 11.5 Å². The van der Waals surface area contributed by atoms with Crippen LogP contribution in [0.4, 0.5) is 0 Å². The topological polar surface area (TPSA) is 62.9 Å². The molecule has 2 aliphatic heterocycles. The average molecular weight is 251 g/mol. The average Bonchev–Trinajstić information content (AvgIpc) is 2.36. The van der Waals surface area contributed by atoms with E-state index in [4.69, 9.17) is 24.7 Å². The lowest BCUT2D eigenvalue weighted by atomic mass is 10.1. The van der Waals surface area contributed by atoms with Gasteiger partial charge in [0.25, 0.3) is 0 Å². The van der Waals surface area contributed by atoms with Crippen molar-refractivity contribution in [2.24, 2.45) is 5.73 Å². The van der Waals surface area contributed by atoms with Gasteiger partial charge in [-0.3, -0.25) is 0 Å². The van der Waals surface area contributed by atoms with Gasteiger partial charge in [0.1, 0.15) is 19.3 Å². The summed E-state index contributed by atoms with van der Waals surface area (Å²) in [4.78, 5) is 0. The van der Waals surface area contributed by atoms with Crippen molar-refractivity contribution in [1.29, 1.82) is 0 Å². The first-order valence-electron chi connectivity index (χ1n) is 6.17. The molecule has 5 heteroatoms. The van der Waals surface area contributed by atoms with E-state index >= 15 is 0 Å². The molecule has 1 atom stereocenters. The molecule has 1 fully saturated rings. The van der Waals surface area contributed by atoms with E-state index in [0.29, 0.717) is 33.0 Å². The zero-order chi connectivity index (χ0) is 12.4. The molecule has 1 unspecified atom stereocenters. The van der Waals surface area contributed by atoms with Crippen LogP contribution < -0.4 is 15.2 Å². The van der Waals surface area contributed by atoms with Crippen molar-refractivity contribution < 1.29 is 18.9 Å². The lowest BCUT2D eigenvalue weighted by molar-refractivity contribution is -0.131. The normalized spacial score (nSPS) is 20.3. The Balaban J connectivity index is 1.63. The zero-order valence-electron chi connectivity index (χ0n) is 10.1. The molecule has 2 aliphatic rings. The fraction of sp³-hybridized carbons (Fsp3) is 0.538. The van der Waals surface area contributed by atoms with Gasteiger partial charge in [0.05, 0.1) is 25.9 Å². The summed E-state index contributed by atoms with van der Waals surface area (Å²) in [5.74, 6) is 1.55. The minimum absolute atomic E-state index is 0.151. The van der Waals surface area contributed by atoms with Gasteiger partial charge >= 0.3 is 0 Å². The fourth-order valence-corrected chi connectivity index (χ4v) is 1.94. The lowest BCUT2D eigenvalue weighted by Crippen LogP contribution is -2.37. The smallest absolute Gasteiger partial charge is 0.161 e. The van der Waals surface area contributed by atoms with E-state index in [2.05, 4.69) is 0 Å². The van der Waals surface area contributed by atoms with Gasteiger partial charge in [-0.1, -0.05) is 6.07 Å². The molecule has 0 aliphatic carbocycles. The Morgan fingerprint density at radius 2 is 2.00 bits per heavy atom. The number of rotatable bonds is 4. The molecule has 1 saturated heterocycles. The fourth-order valence-electron chi connectivity index (χ4n) is 1.94. The molecule has 2 N–H and O–H groups in total. The van der Waals surface area contributed by atoms with E-state index in [9.17, 15) is 0 Å². The van der Waals surface area contributed by atoms with Gasteiger partial charge in [0.15, 0.2) is 11.5 Å². The molecular formula is C13H17NO4. The SMILES string of the molecule is NC(COC1COC1)c1ccc2c(c1)OCCO2. The number of hydrogen-bond donors (Lipinski definition) is 1. The second-order valence-corrected chi connectivity index (χ2v) is 4.50. The third-order valence-corrected chi connectivity index (χ3v) is 3.11. The van der Waals surface area contributed by atoms with E-state index in [1.54, 1.807) is 0 Å². The molecule has 0 amide bonds. The summed E-state index contributed by atoms with van der Waals surface area (Å²) in [7, 11) is 0. The molecule has 0 bridgehead atoms. The Labute approximate surface area is 106 Å². The van der Waals surface area contributed by atoms with Crippen LogP contribution in [0.25, 0.3) is 0 Å². The first-order chi connectivity index (χ1) is 8.83. The molecule has 0 aromatic heterocycles. The predicted molar refractivity (Wildman–Crippen MR) is 64.9 cm³/mol. The van der Waals surface area contributed by atoms with Gasteiger partial charge in [0, 0.05) is 0 Å². The van der Waals surface area contributed by atoms with Crippen molar-refractivity contribution in [3.63, 3.8) is 0 Å². The van der Waals surface area contributed by atoms with Crippen molar-refractivity contribution in [3.8, 4) is 11.5 Å². The summed E-state index contributed by atoms with van der Waals surface area (Å²) < 4.78 is 21.7. The summed E-state index contributed by atoms with van der Waals surface area (Å²) in [6.45, 7) is 3.03. The second kappa shape index (κ2) is 5.14. The molecular weight excluding hydrogens is 234 g/mol. The van der Waals surface area contributed by atoms with Crippen LogP contribution in [0, 0.1) is 0 Å². The number of nitrogens with two attached hydrogens (primary N) is 1. The Bertz CT molecular complexity index is 419. The highest BCUT2D eigenvalue weighted by Crippen LogP contribution is 2.32. The van der Waals surface area contributed by atoms with Crippen molar-refractivity contribution in [2.45, 2.75) is 12.1 Å². The van der Waals surface area contributed by atoms with Gasteiger partial charge in [-0.15, -0.1) is 0 Å². The number of hydrogen-bond acceptors (Lipinski definition) is 5. The molecule has 98 valence electrons. The molecule has 1 aromatic rings. The van der Waals surface area contributed by atoms with Crippen LogP contribution in [-0.2, 0) is 9.47 Å². The van der Waals surface area contributed by atoms with E-state index in [1.165, 1.54) is 0 Å². The molecule has 0 radical (unpaired) electrons. The predicted octanol–water partition coefficient (Wildman–Crippen LogP) is 0.873. The molecule has 5 nitrogen and oxygen atoms in total. The van der Waals surface area contributed by atoms with Crippen molar-refractivity contribution in [1.82, 2.24) is 0 Å². The minimum atomic E-state index is -0.151. The molecule has 18 heavy (non-hydrogen) atoms. The van der Waals surface area contributed by atoms with Crippen LogP contribution in [0.3, 0.4) is 0 Å². The van der Waals surface area contributed by atoms with Gasteiger partial charge < -0.3 is 24.7 Å². The zero-order valence-corrected chi connectivity index (χ0v) is 10.1. The van der Waals surface area contributed by atoms with Gasteiger partial charge in [-0.2, -0.15) is 0 Å². The van der Waals surface area contributed by atoms with Crippen LogP contribution in [0.1, 0.15) is 11.6 Å². The number of fused-ring (bicyclic) bond motifs is 1. The van der Waals surface area contributed by atoms with Crippen molar-refractivity contribution in [2.75, 3.05) is 33.0 Å². The first-order valence-corrected chi connectivity index (χ1v) is 6.17. The Hall–Kier alpha value is -1.30. The highest BCUT2D eigenvalue weighted by atomic mass is 16.6. The number of benzene rings is 1. The van der Waals surface area contributed by atoms with Crippen molar-refractivity contribution >= 4 is 0 Å². The maximum atomic E-state index is 6.09. The van der Waals surface area contributed by atoms with E-state index in [0.717, 1.165) is 17.1 Å². The molecule has 2 heterocycles.